The van der Waals surface area contributed by atoms with Gasteiger partial charge in [0.05, 0.1) is 22.6 Å². The quantitative estimate of drug-likeness (QED) is 0.414. The number of nitrogens with zero attached hydrogens (tertiary/aromatic N) is 3. The summed E-state index contributed by atoms with van der Waals surface area (Å²) in [5, 5.41) is 11.3. The summed E-state index contributed by atoms with van der Waals surface area (Å²) < 4.78 is 21.0. The molecule has 0 aliphatic carbocycles. The largest absolute Gasteiger partial charge is 0.489 e. The third kappa shape index (κ3) is 4.49. The summed E-state index contributed by atoms with van der Waals surface area (Å²) in [6.45, 7) is 0.739. The van der Waals surface area contributed by atoms with Gasteiger partial charge in [0.15, 0.2) is 0 Å². The molecule has 174 valence electrons. The lowest BCUT2D eigenvalue weighted by Gasteiger charge is -2.19. The van der Waals surface area contributed by atoms with Crippen LogP contribution in [0.3, 0.4) is 0 Å². The molecule has 2 atom stereocenters. The van der Waals surface area contributed by atoms with Crippen molar-refractivity contribution in [2.24, 2.45) is 0 Å². The number of imidazole rings is 1. The predicted octanol–water partition coefficient (Wildman–Crippen LogP) is 4.79. The molecule has 5 rings (SSSR count). The van der Waals surface area contributed by atoms with Crippen LogP contribution in [-0.2, 0) is 11.3 Å². The van der Waals surface area contributed by atoms with Crippen molar-refractivity contribution in [2.75, 3.05) is 18.1 Å². The number of anilines is 1. The van der Waals surface area contributed by atoms with Gasteiger partial charge in [0, 0.05) is 24.6 Å². The van der Waals surface area contributed by atoms with Crippen LogP contribution < -0.4 is 9.64 Å². The summed E-state index contributed by atoms with van der Waals surface area (Å²) in [7, 11) is 0. The number of carbonyl (C=O) groups excluding carboxylic acids is 1. The number of benzene rings is 3. The van der Waals surface area contributed by atoms with Crippen molar-refractivity contribution in [3.05, 3.63) is 89.5 Å². The van der Waals surface area contributed by atoms with Crippen molar-refractivity contribution in [1.82, 2.24) is 9.55 Å². The van der Waals surface area contributed by atoms with Crippen molar-refractivity contribution in [2.45, 2.75) is 25.0 Å². The smallest absolute Gasteiger partial charge is 0.227 e. The molecule has 0 saturated carbocycles. The second-order valence-electron chi connectivity index (χ2n) is 8.35. The van der Waals surface area contributed by atoms with E-state index in [0.717, 1.165) is 16.9 Å². The summed E-state index contributed by atoms with van der Waals surface area (Å²) in [6.07, 6.45) is -0.537. The zero-order valence-electron chi connectivity index (χ0n) is 18.3. The molecule has 34 heavy (non-hydrogen) atoms. The molecule has 8 heteroatoms. The molecule has 6 nitrogen and oxygen atoms in total. The fourth-order valence-corrected chi connectivity index (χ4v) is 4.55. The van der Waals surface area contributed by atoms with Gasteiger partial charge in [-0.25, -0.2) is 9.37 Å². The number of carbonyl (C=O) groups is 1. The number of aliphatic hydroxyl groups is 1. The lowest BCUT2D eigenvalue weighted by atomic mass is 10.1. The standard InChI is InChI=1S/C26H23ClFN3O3/c27-21-5-1-4-8-24(21)34-16-20(32)15-31-23-7-3-2-6-22(23)29-26(31)17-13-25(33)30(14-17)19-11-9-18(28)10-12-19/h1-12,17,20,32H,13-16H2/t17-,20-/m1/s1. The molecule has 2 heterocycles. The maximum Gasteiger partial charge on any atom is 0.227 e. The topological polar surface area (TPSA) is 67.6 Å². The second-order valence-corrected chi connectivity index (χ2v) is 8.75. The highest BCUT2D eigenvalue weighted by molar-refractivity contribution is 6.32. The Morgan fingerprint density at radius 2 is 1.82 bits per heavy atom. The maximum absolute atomic E-state index is 13.3. The van der Waals surface area contributed by atoms with E-state index in [1.807, 2.05) is 41.0 Å². The average Bonchev–Trinajstić information content (AvgIpc) is 3.40. The fraction of sp³-hybridized carbons (Fsp3) is 0.231. The molecule has 4 aromatic rings. The molecular weight excluding hydrogens is 457 g/mol. The molecule has 1 aliphatic rings. The first kappa shape index (κ1) is 22.4. The average molecular weight is 480 g/mol. The van der Waals surface area contributed by atoms with Crippen LogP contribution >= 0.6 is 11.6 Å². The van der Waals surface area contributed by atoms with E-state index in [0.29, 0.717) is 23.0 Å². The zero-order valence-corrected chi connectivity index (χ0v) is 19.0. The van der Waals surface area contributed by atoms with Crippen LogP contribution in [0.15, 0.2) is 72.8 Å². The minimum Gasteiger partial charge on any atom is -0.489 e. The van der Waals surface area contributed by atoms with Gasteiger partial charge in [-0.15, -0.1) is 0 Å². The first-order chi connectivity index (χ1) is 16.5. The Kier molecular flexibility index (Phi) is 6.22. The molecule has 1 aromatic heterocycles. The first-order valence-corrected chi connectivity index (χ1v) is 11.4. The van der Waals surface area contributed by atoms with Crippen molar-refractivity contribution in [3.8, 4) is 5.75 Å². The number of rotatable bonds is 7. The Hall–Kier alpha value is -3.42. The van der Waals surface area contributed by atoms with Gasteiger partial charge in [-0.3, -0.25) is 4.79 Å². The molecule has 1 aliphatic heterocycles. The van der Waals surface area contributed by atoms with Crippen LogP contribution in [0.2, 0.25) is 5.02 Å². The number of halogens is 2. The zero-order chi connectivity index (χ0) is 23.7. The third-order valence-corrected chi connectivity index (χ3v) is 6.29. The maximum atomic E-state index is 13.3. The van der Waals surface area contributed by atoms with E-state index in [2.05, 4.69) is 0 Å². The molecular formula is C26H23ClFN3O3. The SMILES string of the molecule is O=C1C[C@@H](c2nc3ccccc3n2C[C@@H](O)COc2ccccc2Cl)CN1c1ccc(F)cc1. The third-order valence-electron chi connectivity index (χ3n) is 5.97. The van der Waals surface area contributed by atoms with E-state index in [1.165, 1.54) is 12.1 Å². The van der Waals surface area contributed by atoms with E-state index in [-0.39, 0.29) is 37.2 Å². The van der Waals surface area contributed by atoms with Crippen molar-refractivity contribution in [3.63, 3.8) is 0 Å². The summed E-state index contributed by atoms with van der Waals surface area (Å²) in [5.74, 6) is 0.687. The van der Waals surface area contributed by atoms with E-state index in [1.54, 1.807) is 29.2 Å². The minimum absolute atomic E-state index is 0.0437. The second kappa shape index (κ2) is 9.44. The minimum atomic E-state index is -0.821. The normalized spacial score (nSPS) is 16.9. The molecule has 1 saturated heterocycles. The van der Waals surface area contributed by atoms with Gasteiger partial charge in [-0.05, 0) is 48.5 Å². The number of para-hydroxylation sites is 3. The van der Waals surface area contributed by atoms with Crippen LogP contribution in [0.5, 0.6) is 5.75 Å². The summed E-state index contributed by atoms with van der Waals surface area (Å²) in [6, 6.07) is 20.7. The molecule has 0 unspecified atom stereocenters. The Morgan fingerprint density at radius 1 is 1.09 bits per heavy atom. The van der Waals surface area contributed by atoms with Crippen LogP contribution in [0, 0.1) is 5.82 Å². The molecule has 0 spiro atoms. The lowest BCUT2D eigenvalue weighted by Crippen LogP contribution is -2.26. The molecule has 0 radical (unpaired) electrons. The van der Waals surface area contributed by atoms with Gasteiger partial charge in [0.25, 0.3) is 0 Å². The number of hydrogen-bond donors (Lipinski definition) is 1. The van der Waals surface area contributed by atoms with Crippen molar-refractivity contribution < 1.29 is 19.0 Å². The molecule has 1 N–H and O–H groups in total. The Bertz CT molecular complexity index is 1320. The van der Waals surface area contributed by atoms with Crippen molar-refractivity contribution >= 4 is 34.2 Å². The number of fused-ring (bicyclic) bond motifs is 1. The Labute approximate surface area is 201 Å². The lowest BCUT2D eigenvalue weighted by molar-refractivity contribution is -0.117. The van der Waals surface area contributed by atoms with Crippen LogP contribution in [0.4, 0.5) is 10.1 Å². The van der Waals surface area contributed by atoms with E-state index in [9.17, 15) is 14.3 Å². The van der Waals surface area contributed by atoms with Crippen LogP contribution in [0.1, 0.15) is 18.2 Å². The Balaban J connectivity index is 1.38. The number of aliphatic hydroxyl groups excluding tert-OH is 1. The summed E-state index contributed by atoms with van der Waals surface area (Å²) in [4.78, 5) is 19.3. The van der Waals surface area contributed by atoms with E-state index >= 15 is 0 Å². The van der Waals surface area contributed by atoms with Crippen LogP contribution in [0.25, 0.3) is 11.0 Å². The van der Waals surface area contributed by atoms with Gasteiger partial charge in [-0.2, -0.15) is 0 Å². The van der Waals surface area contributed by atoms with Crippen LogP contribution in [-0.4, -0.2) is 39.8 Å². The Morgan fingerprint density at radius 3 is 2.62 bits per heavy atom. The summed E-state index contributed by atoms with van der Waals surface area (Å²) >= 11 is 6.15. The fourth-order valence-electron chi connectivity index (χ4n) is 4.36. The number of hydrogen-bond acceptors (Lipinski definition) is 4. The van der Waals surface area contributed by atoms with Gasteiger partial charge >= 0.3 is 0 Å². The van der Waals surface area contributed by atoms with Crippen molar-refractivity contribution in [1.29, 1.82) is 0 Å². The molecule has 1 amide bonds. The van der Waals surface area contributed by atoms with Gasteiger partial charge in [0.2, 0.25) is 5.91 Å². The van der Waals surface area contributed by atoms with Gasteiger partial charge in [-0.1, -0.05) is 35.9 Å². The molecule has 1 fully saturated rings. The predicted molar refractivity (Wildman–Crippen MR) is 129 cm³/mol. The first-order valence-electron chi connectivity index (χ1n) is 11.1. The van der Waals surface area contributed by atoms with Gasteiger partial charge < -0.3 is 19.3 Å². The number of aromatic nitrogens is 2. The molecule has 3 aromatic carbocycles. The number of ether oxygens (including phenoxy) is 1. The monoisotopic (exact) mass is 479 g/mol. The van der Waals surface area contributed by atoms with E-state index < -0.39 is 6.10 Å². The highest BCUT2D eigenvalue weighted by Gasteiger charge is 2.35. The highest BCUT2D eigenvalue weighted by Crippen LogP contribution is 2.33. The highest BCUT2D eigenvalue weighted by atomic mass is 35.5. The summed E-state index contributed by atoms with van der Waals surface area (Å²) in [5.41, 5.74) is 2.33. The number of amides is 1. The molecule has 0 bridgehead atoms. The van der Waals surface area contributed by atoms with E-state index in [4.69, 9.17) is 21.3 Å². The van der Waals surface area contributed by atoms with Gasteiger partial charge in [0.1, 0.15) is 30.1 Å².